The number of amides is 1. The van der Waals surface area contributed by atoms with Crippen LogP contribution in [-0.2, 0) is 20.8 Å². The minimum atomic E-state index is -0.875. The molecule has 33 heavy (non-hydrogen) atoms. The van der Waals surface area contributed by atoms with Crippen LogP contribution in [0.25, 0.3) is 6.08 Å². The fourth-order valence-electron chi connectivity index (χ4n) is 3.32. The van der Waals surface area contributed by atoms with Crippen LogP contribution < -0.4 is 11.1 Å². The molecule has 0 saturated carbocycles. The molecule has 1 saturated heterocycles. The average molecular weight is 448 g/mol. The van der Waals surface area contributed by atoms with Crippen molar-refractivity contribution in [1.29, 1.82) is 0 Å². The molecule has 3 rings (SSSR count). The van der Waals surface area contributed by atoms with E-state index in [1.807, 2.05) is 6.08 Å². The van der Waals surface area contributed by atoms with Gasteiger partial charge in [-0.3, -0.25) is 9.69 Å². The molecule has 2 aromatic rings. The highest BCUT2D eigenvalue weighted by atomic mass is 16.5. The van der Waals surface area contributed by atoms with E-state index in [4.69, 9.17) is 10.5 Å². The van der Waals surface area contributed by atoms with Crippen molar-refractivity contribution in [1.82, 2.24) is 10.2 Å². The van der Waals surface area contributed by atoms with Gasteiger partial charge in [0, 0.05) is 37.3 Å². The predicted molar refractivity (Wildman–Crippen MR) is 127 cm³/mol. The summed E-state index contributed by atoms with van der Waals surface area (Å²) >= 11 is 0. The highest BCUT2D eigenvalue weighted by Gasteiger charge is 2.20. The summed E-state index contributed by atoms with van der Waals surface area (Å²) in [4.78, 5) is 26.2. The van der Waals surface area contributed by atoms with E-state index in [1.54, 1.807) is 30.3 Å². The molecule has 0 unspecified atom stereocenters. The van der Waals surface area contributed by atoms with Gasteiger partial charge < -0.3 is 20.5 Å². The van der Waals surface area contributed by atoms with Gasteiger partial charge in [0.25, 0.3) is 5.91 Å². The first-order chi connectivity index (χ1) is 16.1. The van der Waals surface area contributed by atoms with Gasteiger partial charge in [0.15, 0.2) is 0 Å². The van der Waals surface area contributed by atoms with Crippen molar-refractivity contribution in [2.45, 2.75) is 12.6 Å². The third-order valence-electron chi connectivity index (χ3n) is 5.24. The van der Waals surface area contributed by atoms with Crippen molar-refractivity contribution in [2.24, 2.45) is 5.73 Å². The van der Waals surface area contributed by atoms with Crippen LogP contribution in [0.15, 0.2) is 54.6 Å². The van der Waals surface area contributed by atoms with E-state index >= 15 is 0 Å². The van der Waals surface area contributed by atoms with Crippen molar-refractivity contribution in [3.05, 3.63) is 76.9 Å². The van der Waals surface area contributed by atoms with Gasteiger partial charge in [0.1, 0.15) is 6.04 Å². The van der Waals surface area contributed by atoms with Crippen LogP contribution in [0.5, 0.6) is 0 Å². The number of carbonyl (C=O) groups is 2. The summed E-state index contributed by atoms with van der Waals surface area (Å²) in [6, 6.07) is 14.4. The first-order valence-corrected chi connectivity index (χ1v) is 10.8. The second-order valence-electron chi connectivity index (χ2n) is 7.60. The number of hydrogen-bond acceptors (Lipinski definition) is 6. The Labute approximate surface area is 194 Å². The van der Waals surface area contributed by atoms with Crippen LogP contribution in [0, 0.1) is 11.8 Å². The molecule has 1 fully saturated rings. The number of benzene rings is 2. The number of methoxy groups -OCH3 is 1. The first kappa shape index (κ1) is 24.2. The number of rotatable bonds is 7. The zero-order valence-corrected chi connectivity index (χ0v) is 18.8. The van der Waals surface area contributed by atoms with Crippen molar-refractivity contribution < 1.29 is 19.1 Å². The maximum atomic E-state index is 12.3. The van der Waals surface area contributed by atoms with E-state index in [2.05, 4.69) is 51.1 Å². The molecular formula is C26H29N3O4. The fraction of sp³-hybridized carbons (Fsp3) is 0.308. The Morgan fingerprint density at radius 2 is 1.85 bits per heavy atom. The Balaban J connectivity index is 1.51. The van der Waals surface area contributed by atoms with Crippen LogP contribution in [0.1, 0.15) is 27.0 Å². The maximum Gasteiger partial charge on any atom is 0.329 e. The number of nitrogens with zero attached hydrogens (tertiary/aromatic N) is 1. The number of hydrogen-bond donors (Lipinski definition) is 2. The molecule has 1 amide bonds. The van der Waals surface area contributed by atoms with Gasteiger partial charge in [0.05, 0.1) is 20.3 Å². The lowest BCUT2D eigenvalue weighted by Gasteiger charge is -2.26. The molecule has 1 aliphatic rings. The lowest BCUT2D eigenvalue weighted by molar-refractivity contribution is -0.142. The van der Waals surface area contributed by atoms with Gasteiger partial charge in [-0.25, -0.2) is 4.79 Å². The minimum absolute atomic E-state index is 0.0368. The molecule has 0 aliphatic carbocycles. The quantitative estimate of drug-likeness (QED) is 0.497. The van der Waals surface area contributed by atoms with Crippen LogP contribution >= 0.6 is 0 Å². The molecule has 172 valence electrons. The summed E-state index contributed by atoms with van der Waals surface area (Å²) in [7, 11) is 1.25. The van der Waals surface area contributed by atoms with E-state index in [1.165, 1.54) is 12.7 Å². The smallest absolute Gasteiger partial charge is 0.329 e. The van der Waals surface area contributed by atoms with Crippen molar-refractivity contribution in [2.75, 3.05) is 40.0 Å². The fourth-order valence-corrected chi connectivity index (χ4v) is 3.32. The van der Waals surface area contributed by atoms with E-state index in [0.717, 1.165) is 44.0 Å². The number of carbonyl (C=O) groups excluding carboxylic acids is 2. The summed E-state index contributed by atoms with van der Waals surface area (Å²) < 4.78 is 10.0. The van der Waals surface area contributed by atoms with Crippen molar-refractivity contribution in [3.8, 4) is 11.8 Å². The minimum Gasteiger partial charge on any atom is -0.467 e. The van der Waals surface area contributed by atoms with Gasteiger partial charge in [0.2, 0.25) is 0 Å². The second-order valence-corrected chi connectivity index (χ2v) is 7.60. The Hall–Kier alpha value is -3.44. The van der Waals surface area contributed by atoms with E-state index in [-0.39, 0.29) is 6.54 Å². The molecule has 1 atom stereocenters. The lowest BCUT2D eigenvalue weighted by Crippen LogP contribution is -2.46. The first-order valence-electron chi connectivity index (χ1n) is 10.8. The molecular weight excluding hydrogens is 418 g/mol. The van der Waals surface area contributed by atoms with E-state index in [0.29, 0.717) is 5.56 Å². The topological polar surface area (TPSA) is 93.9 Å². The molecule has 0 aromatic heterocycles. The molecule has 7 heteroatoms. The Morgan fingerprint density at radius 1 is 1.15 bits per heavy atom. The van der Waals surface area contributed by atoms with Crippen LogP contribution in [-0.4, -0.2) is 62.8 Å². The summed E-state index contributed by atoms with van der Waals surface area (Å²) in [5.41, 5.74) is 9.07. The Bertz CT molecular complexity index is 1010. The van der Waals surface area contributed by atoms with Gasteiger partial charge in [-0.1, -0.05) is 36.1 Å². The Morgan fingerprint density at radius 3 is 2.48 bits per heavy atom. The molecule has 7 nitrogen and oxygen atoms in total. The SMILES string of the molecule is COC(=O)[C@H](CN)NC(=O)c1ccc(C#C/C=C/c2ccc(CN3CCOCC3)cc2)cc1. The van der Waals surface area contributed by atoms with Crippen molar-refractivity contribution in [3.63, 3.8) is 0 Å². The van der Waals surface area contributed by atoms with Crippen LogP contribution in [0.4, 0.5) is 0 Å². The maximum absolute atomic E-state index is 12.3. The normalized spacial score (nSPS) is 14.8. The molecule has 0 radical (unpaired) electrons. The van der Waals surface area contributed by atoms with Crippen LogP contribution in [0.2, 0.25) is 0 Å². The summed E-state index contributed by atoms with van der Waals surface area (Å²) in [5.74, 6) is 5.08. The summed E-state index contributed by atoms with van der Waals surface area (Å²) in [5, 5.41) is 2.56. The highest BCUT2D eigenvalue weighted by Crippen LogP contribution is 2.10. The number of allylic oxidation sites excluding steroid dienone is 1. The molecule has 3 N–H and O–H groups in total. The van der Waals surface area contributed by atoms with Gasteiger partial charge in [-0.05, 0) is 47.5 Å². The Kier molecular flexibility index (Phi) is 9.21. The monoisotopic (exact) mass is 447 g/mol. The van der Waals surface area contributed by atoms with Gasteiger partial charge in [-0.15, -0.1) is 0 Å². The number of esters is 1. The molecule has 0 bridgehead atoms. The number of morpholine rings is 1. The number of ether oxygens (including phenoxy) is 2. The average Bonchev–Trinajstić information content (AvgIpc) is 2.86. The van der Waals surface area contributed by atoms with E-state index in [9.17, 15) is 9.59 Å². The lowest BCUT2D eigenvalue weighted by atomic mass is 10.1. The highest BCUT2D eigenvalue weighted by molar-refractivity contribution is 5.96. The third-order valence-corrected chi connectivity index (χ3v) is 5.24. The molecule has 0 spiro atoms. The second kappa shape index (κ2) is 12.6. The van der Waals surface area contributed by atoms with E-state index < -0.39 is 17.9 Å². The van der Waals surface area contributed by atoms with Crippen LogP contribution in [0.3, 0.4) is 0 Å². The van der Waals surface area contributed by atoms with Gasteiger partial charge in [-0.2, -0.15) is 0 Å². The summed E-state index contributed by atoms with van der Waals surface area (Å²) in [6.07, 6.45) is 3.77. The number of nitrogens with one attached hydrogen (secondary N) is 1. The van der Waals surface area contributed by atoms with Gasteiger partial charge >= 0.3 is 5.97 Å². The number of nitrogens with two attached hydrogens (primary N) is 1. The molecule has 2 aromatic carbocycles. The zero-order chi connectivity index (χ0) is 23.5. The zero-order valence-electron chi connectivity index (χ0n) is 18.8. The van der Waals surface area contributed by atoms with Crippen molar-refractivity contribution >= 4 is 18.0 Å². The molecule has 1 heterocycles. The third kappa shape index (κ3) is 7.58. The molecule has 1 aliphatic heterocycles. The standard InChI is InChI=1S/C26H29N3O4/c1-32-26(31)24(18-27)28-25(30)23-12-10-21(11-13-23)5-3-2-4-20-6-8-22(9-7-20)19-29-14-16-33-17-15-29/h2,4,6-13,24H,14-19,27H2,1H3,(H,28,30)/b4-2+/t24-/m0/s1. The summed E-state index contributed by atoms with van der Waals surface area (Å²) in [6.45, 7) is 4.47. The predicted octanol–water partition coefficient (Wildman–Crippen LogP) is 1.81. The largest absolute Gasteiger partial charge is 0.467 e.